The van der Waals surface area contributed by atoms with E-state index in [2.05, 4.69) is 6.92 Å². The van der Waals surface area contributed by atoms with Crippen LogP contribution < -0.4 is 5.73 Å². The molecule has 3 unspecified atom stereocenters. The summed E-state index contributed by atoms with van der Waals surface area (Å²) in [5.74, 6) is 0.0791. The van der Waals surface area contributed by atoms with Crippen molar-refractivity contribution in [3.8, 4) is 0 Å². The largest absolute Gasteiger partial charge is 0.372 e. The highest BCUT2D eigenvalue weighted by atomic mass is 16.5. The molecule has 3 atom stereocenters. The van der Waals surface area contributed by atoms with Gasteiger partial charge >= 0.3 is 0 Å². The SMILES string of the molecule is CCCCC(N)C(=O)N1CC(C)OC(C)C1. The fraction of sp³-hybridized carbons (Fsp3) is 0.917. The molecule has 0 bridgehead atoms. The van der Waals surface area contributed by atoms with Gasteiger partial charge in [-0.05, 0) is 20.3 Å². The van der Waals surface area contributed by atoms with Gasteiger partial charge in [0.2, 0.25) is 5.91 Å². The van der Waals surface area contributed by atoms with Crippen molar-refractivity contribution in [3.63, 3.8) is 0 Å². The van der Waals surface area contributed by atoms with Gasteiger partial charge < -0.3 is 15.4 Å². The Morgan fingerprint density at radius 3 is 2.50 bits per heavy atom. The molecular formula is C12H24N2O2. The fourth-order valence-corrected chi connectivity index (χ4v) is 2.14. The van der Waals surface area contributed by atoms with E-state index in [1.54, 1.807) is 0 Å². The summed E-state index contributed by atoms with van der Waals surface area (Å²) < 4.78 is 5.59. The number of carbonyl (C=O) groups excluding carboxylic acids is 1. The Bertz CT molecular complexity index is 223. The molecular weight excluding hydrogens is 204 g/mol. The molecule has 2 N–H and O–H groups in total. The molecule has 4 nitrogen and oxygen atoms in total. The summed E-state index contributed by atoms with van der Waals surface area (Å²) in [6, 6.07) is -0.336. The summed E-state index contributed by atoms with van der Waals surface area (Å²) in [7, 11) is 0. The smallest absolute Gasteiger partial charge is 0.239 e. The third-order valence-electron chi connectivity index (χ3n) is 2.92. The highest BCUT2D eigenvalue weighted by Crippen LogP contribution is 2.12. The number of rotatable bonds is 4. The first kappa shape index (κ1) is 13.5. The van der Waals surface area contributed by atoms with Crippen LogP contribution in [0.25, 0.3) is 0 Å². The lowest BCUT2D eigenvalue weighted by Crippen LogP contribution is -2.53. The molecule has 1 rings (SSSR count). The molecule has 0 aromatic rings. The van der Waals surface area contributed by atoms with Gasteiger partial charge in [-0.15, -0.1) is 0 Å². The Kier molecular flexibility index (Phi) is 5.22. The van der Waals surface area contributed by atoms with Crippen LogP contribution in [-0.2, 0) is 9.53 Å². The summed E-state index contributed by atoms with van der Waals surface area (Å²) >= 11 is 0. The highest BCUT2D eigenvalue weighted by Gasteiger charge is 2.28. The van der Waals surface area contributed by atoms with Crippen molar-refractivity contribution in [2.24, 2.45) is 5.73 Å². The molecule has 0 aromatic carbocycles. The van der Waals surface area contributed by atoms with Crippen LogP contribution in [0, 0.1) is 0 Å². The second-order valence-corrected chi connectivity index (χ2v) is 4.75. The quantitative estimate of drug-likeness (QED) is 0.785. The van der Waals surface area contributed by atoms with Crippen molar-refractivity contribution in [2.75, 3.05) is 13.1 Å². The molecule has 1 fully saturated rings. The average Bonchev–Trinajstić information content (AvgIpc) is 2.23. The maximum atomic E-state index is 12.0. The predicted octanol–water partition coefficient (Wildman–Crippen LogP) is 1.14. The lowest BCUT2D eigenvalue weighted by Gasteiger charge is -2.36. The van der Waals surface area contributed by atoms with Gasteiger partial charge in [-0.2, -0.15) is 0 Å². The fourth-order valence-electron chi connectivity index (χ4n) is 2.14. The van der Waals surface area contributed by atoms with Gasteiger partial charge in [-0.25, -0.2) is 0 Å². The maximum absolute atomic E-state index is 12.0. The van der Waals surface area contributed by atoms with Crippen molar-refractivity contribution in [3.05, 3.63) is 0 Å². The van der Waals surface area contributed by atoms with Crippen LogP contribution in [0.15, 0.2) is 0 Å². The van der Waals surface area contributed by atoms with Crippen LogP contribution in [-0.4, -0.2) is 42.1 Å². The zero-order chi connectivity index (χ0) is 12.1. The first-order valence-corrected chi connectivity index (χ1v) is 6.24. The van der Waals surface area contributed by atoms with Crippen molar-refractivity contribution in [1.29, 1.82) is 0 Å². The monoisotopic (exact) mass is 228 g/mol. The van der Waals surface area contributed by atoms with Crippen LogP contribution in [0.2, 0.25) is 0 Å². The zero-order valence-electron chi connectivity index (χ0n) is 10.6. The van der Waals surface area contributed by atoms with Gasteiger partial charge in [0.25, 0.3) is 0 Å². The highest BCUT2D eigenvalue weighted by molar-refractivity contribution is 5.81. The Hall–Kier alpha value is -0.610. The van der Waals surface area contributed by atoms with E-state index in [1.807, 2.05) is 18.7 Å². The number of nitrogens with two attached hydrogens (primary N) is 1. The number of amides is 1. The van der Waals surface area contributed by atoms with Crippen LogP contribution >= 0.6 is 0 Å². The lowest BCUT2D eigenvalue weighted by molar-refractivity contribution is -0.144. The number of unbranched alkanes of at least 4 members (excludes halogenated alkanes) is 1. The van der Waals surface area contributed by atoms with Crippen LogP contribution in [0.4, 0.5) is 0 Å². The minimum Gasteiger partial charge on any atom is -0.372 e. The number of morpholine rings is 1. The molecule has 0 aromatic heterocycles. The number of ether oxygens (including phenoxy) is 1. The Labute approximate surface area is 98.1 Å². The van der Waals surface area contributed by atoms with E-state index in [-0.39, 0.29) is 24.2 Å². The summed E-state index contributed by atoms with van der Waals surface area (Å²) in [5.41, 5.74) is 5.89. The molecule has 16 heavy (non-hydrogen) atoms. The van der Waals surface area contributed by atoms with Gasteiger partial charge in [0.1, 0.15) is 0 Å². The third-order valence-corrected chi connectivity index (χ3v) is 2.92. The molecule has 0 saturated carbocycles. The third kappa shape index (κ3) is 3.76. The first-order valence-electron chi connectivity index (χ1n) is 6.24. The Balaban J connectivity index is 2.45. The van der Waals surface area contributed by atoms with Crippen LogP contribution in [0.1, 0.15) is 40.0 Å². The second kappa shape index (κ2) is 6.21. The van der Waals surface area contributed by atoms with Crippen LogP contribution in [0.3, 0.4) is 0 Å². The molecule has 1 aliphatic rings. The minimum atomic E-state index is -0.336. The van der Waals surface area contributed by atoms with Crippen molar-refractivity contribution < 1.29 is 9.53 Å². The number of carbonyl (C=O) groups is 1. The number of hydrogen-bond donors (Lipinski definition) is 1. The Morgan fingerprint density at radius 1 is 1.44 bits per heavy atom. The predicted molar refractivity (Wildman–Crippen MR) is 64.1 cm³/mol. The van der Waals surface area contributed by atoms with E-state index in [0.717, 1.165) is 19.3 Å². The maximum Gasteiger partial charge on any atom is 0.239 e. The molecule has 0 radical (unpaired) electrons. The molecule has 0 spiro atoms. The molecule has 4 heteroatoms. The first-order chi connectivity index (χ1) is 7.54. The number of hydrogen-bond acceptors (Lipinski definition) is 3. The minimum absolute atomic E-state index is 0.0791. The topological polar surface area (TPSA) is 55.6 Å². The van der Waals surface area contributed by atoms with E-state index < -0.39 is 0 Å². The van der Waals surface area contributed by atoms with Gasteiger partial charge in [0.05, 0.1) is 18.2 Å². The van der Waals surface area contributed by atoms with Gasteiger partial charge in [-0.3, -0.25) is 4.79 Å². The van der Waals surface area contributed by atoms with E-state index in [0.29, 0.717) is 13.1 Å². The van der Waals surface area contributed by atoms with Crippen LogP contribution in [0.5, 0.6) is 0 Å². The summed E-state index contributed by atoms with van der Waals surface area (Å²) in [5, 5.41) is 0. The average molecular weight is 228 g/mol. The molecule has 94 valence electrons. The van der Waals surface area contributed by atoms with Gasteiger partial charge in [0, 0.05) is 13.1 Å². The number of nitrogens with zero attached hydrogens (tertiary/aromatic N) is 1. The summed E-state index contributed by atoms with van der Waals surface area (Å²) in [6.07, 6.45) is 3.12. The standard InChI is InChI=1S/C12H24N2O2/c1-4-5-6-11(13)12(15)14-7-9(2)16-10(3)8-14/h9-11H,4-8,13H2,1-3H3. The van der Waals surface area contributed by atoms with E-state index in [1.165, 1.54) is 0 Å². The second-order valence-electron chi connectivity index (χ2n) is 4.75. The van der Waals surface area contributed by atoms with Gasteiger partial charge in [-0.1, -0.05) is 19.8 Å². The Morgan fingerprint density at radius 2 is 2.00 bits per heavy atom. The molecule has 1 heterocycles. The molecule has 1 saturated heterocycles. The van der Waals surface area contributed by atoms with Crippen molar-refractivity contribution in [1.82, 2.24) is 4.90 Å². The molecule has 0 aliphatic carbocycles. The van der Waals surface area contributed by atoms with Crippen molar-refractivity contribution >= 4 is 5.91 Å². The van der Waals surface area contributed by atoms with Gasteiger partial charge in [0.15, 0.2) is 0 Å². The van der Waals surface area contributed by atoms with Crippen molar-refractivity contribution in [2.45, 2.75) is 58.3 Å². The normalized spacial score (nSPS) is 27.9. The summed E-state index contributed by atoms with van der Waals surface area (Å²) in [6.45, 7) is 7.43. The van der Waals surface area contributed by atoms with E-state index >= 15 is 0 Å². The van der Waals surface area contributed by atoms with E-state index in [9.17, 15) is 4.79 Å². The molecule has 1 aliphatic heterocycles. The lowest BCUT2D eigenvalue weighted by atomic mass is 10.1. The zero-order valence-corrected chi connectivity index (χ0v) is 10.6. The van der Waals surface area contributed by atoms with E-state index in [4.69, 9.17) is 10.5 Å². The summed E-state index contributed by atoms with van der Waals surface area (Å²) in [4.78, 5) is 13.9. The molecule has 1 amide bonds.